The first-order valence-corrected chi connectivity index (χ1v) is 9.36. The Hall–Kier alpha value is -1.76. The van der Waals surface area contributed by atoms with E-state index in [0.29, 0.717) is 24.7 Å². The summed E-state index contributed by atoms with van der Waals surface area (Å²) in [6, 6.07) is 4.36. The van der Waals surface area contributed by atoms with Gasteiger partial charge in [0.25, 0.3) is 10.0 Å². The van der Waals surface area contributed by atoms with Crippen molar-refractivity contribution in [3.05, 3.63) is 18.2 Å². The third-order valence-corrected chi connectivity index (χ3v) is 4.96. The minimum Gasteiger partial charge on any atom is -0.490 e. The first-order chi connectivity index (χ1) is 10.9. The molecule has 1 N–H and O–H groups in total. The van der Waals surface area contributed by atoms with Gasteiger partial charge in [-0.05, 0) is 18.1 Å². The number of carbonyl (C=O) groups excluding carboxylic acids is 1. The molecule has 0 bridgehead atoms. The molecule has 1 atom stereocenters. The van der Waals surface area contributed by atoms with Crippen LogP contribution in [0, 0.1) is 5.92 Å². The zero-order valence-electron chi connectivity index (χ0n) is 13.5. The highest BCUT2D eigenvalue weighted by Gasteiger charge is 2.21. The van der Waals surface area contributed by atoms with E-state index >= 15 is 0 Å². The van der Waals surface area contributed by atoms with Crippen LogP contribution in [0.1, 0.15) is 39.5 Å². The third-order valence-electron chi connectivity index (χ3n) is 3.59. The molecule has 1 aromatic rings. The Morgan fingerprint density at radius 1 is 1.26 bits per heavy atom. The summed E-state index contributed by atoms with van der Waals surface area (Å²) in [6.07, 6.45) is 2.78. The third kappa shape index (κ3) is 4.86. The van der Waals surface area contributed by atoms with Gasteiger partial charge in [0.05, 0.1) is 18.1 Å². The summed E-state index contributed by atoms with van der Waals surface area (Å²) < 4.78 is 37.7. The van der Waals surface area contributed by atoms with Crippen LogP contribution in [0.25, 0.3) is 0 Å². The maximum absolute atomic E-state index is 12.3. The average molecular weight is 341 g/mol. The number of benzene rings is 1. The van der Waals surface area contributed by atoms with Crippen molar-refractivity contribution < 1.29 is 22.7 Å². The number of carbonyl (C=O) groups is 1. The number of nitrogens with one attached hydrogen (secondary N) is 1. The SMILES string of the molecule is CCC[C@@H](C)CC(=O)NS(=O)(=O)c1ccc2c(c1)OCCCO2. The fraction of sp³-hybridized carbons (Fsp3) is 0.562. The van der Waals surface area contributed by atoms with Gasteiger partial charge in [-0.25, -0.2) is 13.1 Å². The molecule has 0 saturated heterocycles. The van der Waals surface area contributed by atoms with Gasteiger partial charge in [0.1, 0.15) is 0 Å². The smallest absolute Gasteiger partial charge is 0.264 e. The van der Waals surface area contributed by atoms with Crippen LogP contribution in [0.4, 0.5) is 0 Å². The van der Waals surface area contributed by atoms with Crippen LogP contribution in [-0.4, -0.2) is 27.5 Å². The largest absolute Gasteiger partial charge is 0.490 e. The van der Waals surface area contributed by atoms with Crippen LogP contribution in [-0.2, 0) is 14.8 Å². The second kappa shape index (κ2) is 7.68. The van der Waals surface area contributed by atoms with Crippen LogP contribution < -0.4 is 14.2 Å². The van der Waals surface area contributed by atoms with E-state index in [0.717, 1.165) is 19.3 Å². The summed E-state index contributed by atoms with van der Waals surface area (Å²) in [5, 5.41) is 0. The Bertz CT molecular complexity index is 656. The molecule has 128 valence electrons. The molecular weight excluding hydrogens is 318 g/mol. The Labute approximate surface area is 137 Å². The number of ether oxygens (including phenoxy) is 2. The Morgan fingerprint density at radius 3 is 2.65 bits per heavy atom. The molecule has 6 nitrogen and oxygen atoms in total. The lowest BCUT2D eigenvalue weighted by Gasteiger charge is -2.12. The lowest BCUT2D eigenvalue weighted by atomic mass is 10.0. The van der Waals surface area contributed by atoms with Crippen molar-refractivity contribution in [1.29, 1.82) is 0 Å². The highest BCUT2D eigenvalue weighted by Crippen LogP contribution is 2.31. The second-order valence-corrected chi connectivity index (χ2v) is 7.47. The molecule has 1 amide bonds. The lowest BCUT2D eigenvalue weighted by Crippen LogP contribution is -2.31. The summed E-state index contributed by atoms with van der Waals surface area (Å²) in [7, 11) is -3.90. The number of amides is 1. The van der Waals surface area contributed by atoms with Gasteiger partial charge in [0.15, 0.2) is 11.5 Å². The van der Waals surface area contributed by atoms with Crippen molar-refractivity contribution in [3.63, 3.8) is 0 Å². The van der Waals surface area contributed by atoms with E-state index in [1.165, 1.54) is 12.1 Å². The normalized spacial score (nSPS) is 15.6. The first-order valence-electron chi connectivity index (χ1n) is 7.87. The van der Waals surface area contributed by atoms with Crippen LogP contribution in [0.3, 0.4) is 0 Å². The molecule has 1 aliphatic rings. The van der Waals surface area contributed by atoms with E-state index in [9.17, 15) is 13.2 Å². The standard InChI is InChI=1S/C16H23NO5S/c1-3-5-12(2)10-16(18)17-23(19,20)13-6-7-14-15(11-13)22-9-4-8-21-14/h6-7,11-12H,3-5,8-10H2,1-2H3,(H,17,18)/t12-/m1/s1. The maximum atomic E-state index is 12.3. The molecule has 0 unspecified atom stereocenters. The fourth-order valence-corrected chi connectivity index (χ4v) is 3.48. The molecule has 1 aliphatic heterocycles. The summed E-state index contributed by atoms with van der Waals surface area (Å²) in [4.78, 5) is 11.9. The van der Waals surface area contributed by atoms with Crippen molar-refractivity contribution >= 4 is 15.9 Å². The zero-order chi connectivity index (χ0) is 16.9. The summed E-state index contributed by atoms with van der Waals surface area (Å²) in [5.74, 6) is 0.568. The molecule has 0 aliphatic carbocycles. The monoisotopic (exact) mass is 341 g/mol. The molecule has 0 radical (unpaired) electrons. The number of sulfonamides is 1. The lowest BCUT2D eigenvalue weighted by molar-refractivity contribution is -0.120. The van der Waals surface area contributed by atoms with E-state index in [2.05, 4.69) is 4.72 Å². The summed E-state index contributed by atoms with van der Waals surface area (Å²) in [6.45, 7) is 4.97. The zero-order valence-corrected chi connectivity index (χ0v) is 14.3. The molecular formula is C16H23NO5S. The van der Waals surface area contributed by atoms with E-state index < -0.39 is 15.9 Å². The van der Waals surface area contributed by atoms with Crippen LogP contribution in [0.5, 0.6) is 11.5 Å². The second-order valence-electron chi connectivity index (χ2n) is 5.79. The van der Waals surface area contributed by atoms with Crippen LogP contribution in [0.15, 0.2) is 23.1 Å². The molecule has 0 fully saturated rings. The van der Waals surface area contributed by atoms with Crippen molar-refractivity contribution in [2.24, 2.45) is 5.92 Å². The Morgan fingerprint density at radius 2 is 1.96 bits per heavy atom. The van der Waals surface area contributed by atoms with E-state index in [1.54, 1.807) is 6.07 Å². The van der Waals surface area contributed by atoms with E-state index in [-0.39, 0.29) is 17.2 Å². The molecule has 0 spiro atoms. The van der Waals surface area contributed by atoms with Gasteiger partial charge in [-0.3, -0.25) is 4.79 Å². The molecule has 1 aromatic carbocycles. The van der Waals surface area contributed by atoms with E-state index in [1.807, 2.05) is 13.8 Å². The Balaban J connectivity index is 2.10. The van der Waals surface area contributed by atoms with Crippen molar-refractivity contribution in [3.8, 4) is 11.5 Å². The van der Waals surface area contributed by atoms with Crippen LogP contribution in [0.2, 0.25) is 0 Å². The number of hydrogen-bond acceptors (Lipinski definition) is 5. The maximum Gasteiger partial charge on any atom is 0.264 e. The number of hydrogen-bond donors (Lipinski definition) is 1. The van der Waals surface area contributed by atoms with Crippen LogP contribution >= 0.6 is 0 Å². The highest BCUT2D eigenvalue weighted by atomic mass is 32.2. The number of fused-ring (bicyclic) bond motifs is 1. The molecule has 7 heteroatoms. The highest BCUT2D eigenvalue weighted by molar-refractivity contribution is 7.90. The van der Waals surface area contributed by atoms with Gasteiger partial charge in [-0.1, -0.05) is 26.7 Å². The summed E-state index contributed by atoms with van der Waals surface area (Å²) in [5.41, 5.74) is 0. The molecule has 1 heterocycles. The number of rotatable bonds is 6. The average Bonchev–Trinajstić information content (AvgIpc) is 2.70. The van der Waals surface area contributed by atoms with Gasteiger partial charge >= 0.3 is 0 Å². The molecule has 23 heavy (non-hydrogen) atoms. The summed E-state index contributed by atoms with van der Waals surface area (Å²) >= 11 is 0. The molecule has 0 saturated carbocycles. The van der Waals surface area contributed by atoms with Gasteiger partial charge in [-0.2, -0.15) is 0 Å². The van der Waals surface area contributed by atoms with Gasteiger partial charge in [0.2, 0.25) is 5.91 Å². The molecule has 0 aromatic heterocycles. The fourth-order valence-electron chi connectivity index (χ4n) is 2.47. The van der Waals surface area contributed by atoms with Crippen molar-refractivity contribution in [2.75, 3.05) is 13.2 Å². The molecule has 2 rings (SSSR count). The quantitative estimate of drug-likeness (QED) is 0.859. The minimum atomic E-state index is -3.90. The predicted octanol–water partition coefficient (Wildman–Crippen LogP) is 2.48. The van der Waals surface area contributed by atoms with Gasteiger partial charge in [0, 0.05) is 18.9 Å². The Kier molecular flexibility index (Phi) is 5.87. The van der Waals surface area contributed by atoms with E-state index in [4.69, 9.17) is 9.47 Å². The van der Waals surface area contributed by atoms with Crippen molar-refractivity contribution in [2.45, 2.75) is 44.4 Å². The van der Waals surface area contributed by atoms with Gasteiger partial charge < -0.3 is 9.47 Å². The first kappa shape index (κ1) is 17.6. The topological polar surface area (TPSA) is 81.7 Å². The minimum absolute atomic E-state index is 0.00163. The van der Waals surface area contributed by atoms with Crippen molar-refractivity contribution in [1.82, 2.24) is 4.72 Å². The predicted molar refractivity (Wildman–Crippen MR) is 86.1 cm³/mol. The van der Waals surface area contributed by atoms with Gasteiger partial charge in [-0.15, -0.1) is 0 Å².